The molecule has 0 radical (unpaired) electrons. The molecule has 4 heteroatoms. The Bertz CT molecular complexity index is 848. The number of carbonyl (C=O) groups excluding carboxylic acids is 1. The van der Waals surface area contributed by atoms with Crippen molar-refractivity contribution in [2.75, 3.05) is 5.32 Å². The largest absolute Gasteiger partial charge is 0.305 e. The summed E-state index contributed by atoms with van der Waals surface area (Å²) in [5, 5.41) is 3.08. The smallest absolute Gasteiger partial charge is 0.229 e. The van der Waals surface area contributed by atoms with E-state index in [0.717, 1.165) is 36.7 Å². The van der Waals surface area contributed by atoms with Gasteiger partial charge in [-0.15, -0.1) is 0 Å². The van der Waals surface area contributed by atoms with Gasteiger partial charge in [0.1, 0.15) is 0 Å². The molecule has 4 nitrogen and oxygen atoms in total. The van der Waals surface area contributed by atoms with Crippen molar-refractivity contribution in [3.8, 4) is 0 Å². The van der Waals surface area contributed by atoms with E-state index in [4.69, 9.17) is 0 Å². The molecular formula is C20H21N3O. The quantitative estimate of drug-likeness (QED) is 0.783. The highest BCUT2D eigenvalue weighted by atomic mass is 16.2. The van der Waals surface area contributed by atoms with Gasteiger partial charge in [0.15, 0.2) is 0 Å². The molecule has 4 rings (SSSR count). The molecule has 0 bridgehead atoms. The molecule has 122 valence electrons. The first-order valence-corrected chi connectivity index (χ1v) is 8.61. The number of para-hydroxylation sites is 2. The lowest BCUT2D eigenvalue weighted by Crippen LogP contribution is -2.22. The summed E-state index contributed by atoms with van der Waals surface area (Å²) >= 11 is 0. The molecule has 1 heterocycles. The first-order chi connectivity index (χ1) is 11.8. The minimum absolute atomic E-state index is 0.108. The molecule has 24 heavy (non-hydrogen) atoms. The van der Waals surface area contributed by atoms with Crippen molar-refractivity contribution in [3.05, 3.63) is 60.2 Å². The van der Waals surface area contributed by atoms with E-state index in [-0.39, 0.29) is 11.8 Å². The topological polar surface area (TPSA) is 46.9 Å². The molecule has 0 saturated heterocycles. The van der Waals surface area contributed by atoms with E-state index >= 15 is 0 Å². The van der Waals surface area contributed by atoms with Crippen LogP contribution < -0.4 is 5.32 Å². The fraction of sp³-hybridized carbons (Fsp3) is 0.300. The van der Waals surface area contributed by atoms with E-state index in [1.54, 1.807) is 0 Å². The first kappa shape index (κ1) is 14.9. The van der Waals surface area contributed by atoms with Gasteiger partial charge in [-0.1, -0.05) is 55.3 Å². The molecule has 1 saturated carbocycles. The zero-order chi connectivity index (χ0) is 16.4. The molecular weight excluding hydrogens is 298 g/mol. The molecule has 1 aliphatic rings. The highest BCUT2D eigenvalue weighted by molar-refractivity contribution is 5.93. The maximum absolute atomic E-state index is 12.5. The monoisotopic (exact) mass is 319 g/mol. The standard InChI is InChI=1S/C20H21N3O/c24-19(16-10-4-5-11-16)22-20-21-17-12-6-7-13-18(17)23(20)14-15-8-2-1-3-9-15/h1-3,6-9,12-13,16H,4-5,10-11,14H2,(H,21,22,24). The van der Waals surface area contributed by atoms with Gasteiger partial charge in [0.25, 0.3) is 0 Å². The van der Waals surface area contributed by atoms with Gasteiger partial charge in [0, 0.05) is 5.92 Å². The average Bonchev–Trinajstić information content (AvgIpc) is 3.25. The molecule has 0 atom stereocenters. The third-order valence-electron chi connectivity index (χ3n) is 4.80. The summed E-state index contributed by atoms with van der Waals surface area (Å²) in [7, 11) is 0. The SMILES string of the molecule is O=C(Nc1nc2ccccc2n1Cc1ccccc1)C1CCCC1. The second kappa shape index (κ2) is 6.48. The van der Waals surface area contributed by atoms with Crippen molar-refractivity contribution in [2.45, 2.75) is 32.2 Å². The van der Waals surface area contributed by atoms with Crippen LogP contribution in [-0.4, -0.2) is 15.5 Å². The molecule has 1 amide bonds. The number of nitrogens with one attached hydrogen (secondary N) is 1. The molecule has 3 aromatic rings. The number of fused-ring (bicyclic) bond motifs is 1. The van der Waals surface area contributed by atoms with Crippen LogP contribution >= 0.6 is 0 Å². The number of aromatic nitrogens is 2. The Balaban J connectivity index is 1.68. The number of nitrogens with zero attached hydrogens (tertiary/aromatic N) is 2. The van der Waals surface area contributed by atoms with Gasteiger partial charge in [-0.25, -0.2) is 4.98 Å². The molecule has 1 fully saturated rings. The lowest BCUT2D eigenvalue weighted by molar-refractivity contribution is -0.119. The third kappa shape index (κ3) is 2.92. The molecule has 1 N–H and O–H groups in total. The van der Waals surface area contributed by atoms with Gasteiger partial charge in [-0.2, -0.15) is 0 Å². The van der Waals surface area contributed by atoms with Crippen LogP contribution in [0.5, 0.6) is 0 Å². The van der Waals surface area contributed by atoms with Gasteiger partial charge in [-0.05, 0) is 30.5 Å². The first-order valence-electron chi connectivity index (χ1n) is 8.61. The van der Waals surface area contributed by atoms with Crippen LogP contribution in [0.1, 0.15) is 31.2 Å². The summed E-state index contributed by atoms with van der Waals surface area (Å²) in [6.45, 7) is 0.696. The molecule has 0 spiro atoms. The Kier molecular flexibility index (Phi) is 4.03. The van der Waals surface area contributed by atoms with Crippen molar-refractivity contribution in [1.82, 2.24) is 9.55 Å². The summed E-state index contributed by atoms with van der Waals surface area (Å²) in [4.78, 5) is 17.2. The lowest BCUT2D eigenvalue weighted by atomic mass is 10.1. The normalized spacial score (nSPS) is 15.0. The number of carbonyl (C=O) groups is 1. The van der Waals surface area contributed by atoms with Crippen LogP contribution in [0.2, 0.25) is 0 Å². The fourth-order valence-electron chi connectivity index (χ4n) is 3.50. The zero-order valence-corrected chi connectivity index (χ0v) is 13.6. The van der Waals surface area contributed by atoms with Gasteiger partial charge in [-0.3, -0.25) is 10.1 Å². The predicted octanol–water partition coefficient (Wildman–Crippen LogP) is 4.21. The maximum atomic E-state index is 12.5. The van der Waals surface area contributed by atoms with Gasteiger partial charge < -0.3 is 4.57 Å². The molecule has 2 aromatic carbocycles. The Morgan fingerprint density at radius 3 is 2.54 bits per heavy atom. The Hall–Kier alpha value is -2.62. The Morgan fingerprint density at radius 2 is 1.75 bits per heavy atom. The van der Waals surface area contributed by atoms with Crippen LogP contribution in [0.3, 0.4) is 0 Å². The number of amides is 1. The van der Waals surface area contributed by atoms with Crippen LogP contribution in [-0.2, 0) is 11.3 Å². The number of imidazole rings is 1. The Morgan fingerprint density at radius 1 is 1.04 bits per heavy atom. The highest BCUT2D eigenvalue weighted by Gasteiger charge is 2.24. The number of hydrogen-bond acceptors (Lipinski definition) is 2. The number of hydrogen-bond donors (Lipinski definition) is 1. The molecule has 0 unspecified atom stereocenters. The zero-order valence-electron chi connectivity index (χ0n) is 13.6. The average molecular weight is 319 g/mol. The van der Waals surface area contributed by atoms with E-state index in [2.05, 4.69) is 33.1 Å². The third-order valence-corrected chi connectivity index (χ3v) is 4.80. The van der Waals surface area contributed by atoms with Crippen molar-refractivity contribution in [2.24, 2.45) is 5.92 Å². The van der Waals surface area contributed by atoms with E-state index in [0.29, 0.717) is 12.5 Å². The van der Waals surface area contributed by atoms with E-state index in [1.165, 1.54) is 5.56 Å². The van der Waals surface area contributed by atoms with Crippen LogP contribution in [0, 0.1) is 5.92 Å². The number of benzene rings is 2. The van der Waals surface area contributed by atoms with Crippen molar-refractivity contribution in [3.63, 3.8) is 0 Å². The summed E-state index contributed by atoms with van der Waals surface area (Å²) in [6.07, 6.45) is 4.28. The number of rotatable bonds is 4. The predicted molar refractivity (Wildman–Crippen MR) is 95.9 cm³/mol. The molecule has 1 aromatic heterocycles. The van der Waals surface area contributed by atoms with Gasteiger partial charge in [0.2, 0.25) is 11.9 Å². The van der Waals surface area contributed by atoms with E-state index in [1.807, 2.05) is 36.4 Å². The molecule has 0 aliphatic heterocycles. The maximum Gasteiger partial charge on any atom is 0.229 e. The second-order valence-corrected chi connectivity index (χ2v) is 6.47. The summed E-state index contributed by atoms with van der Waals surface area (Å²) in [6, 6.07) is 18.3. The van der Waals surface area contributed by atoms with E-state index < -0.39 is 0 Å². The van der Waals surface area contributed by atoms with Crippen LogP contribution in [0.15, 0.2) is 54.6 Å². The van der Waals surface area contributed by atoms with Crippen molar-refractivity contribution in [1.29, 1.82) is 0 Å². The lowest BCUT2D eigenvalue weighted by Gasteiger charge is -2.13. The summed E-state index contributed by atoms with van der Waals surface area (Å²) in [5.74, 6) is 0.893. The van der Waals surface area contributed by atoms with Crippen LogP contribution in [0.4, 0.5) is 5.95 Å². The summed E-state index contributed by atoms with van der Waals surface area (Å²) < 4.78 is 2.09. The minimum Gasteiger partial charge on any atom is -0.305 e. The molecule has 1 aliphatic carbocycles. The second-order valence-electron chi connectivity index (χ2n) is 6.47. The van der Waals surface area contributed by atoms with Gasteiger partial charge >= 0.3 is 0 Å². The number of anilines is 1. The van der Waals surface area contributed by atoms with Crippen molar-refractivity contribution >= 4 is 22.9 Å². The minimum atomic E-state index is 0.108. The Labute approximate surface area is 141 Å². The van der Waals surface area contributed by atoms with Crippen molar-refractivity contribution < 1.29 is 4.79 Å². The summed E-state index contributed by atoms with van der Waals surface area (Å²) in [5.41, 5.74) is 3.15. The van der Waals surface area contributed by atoms with Gasteiger partial charge in [0.05, 0.1) is 17.6 Å². The fourth-order valence-corrected chi connectivity index (χ4v) is 3.50. The van der Waals surface area contributed by atoms with E-state index in [9.17, 15) is 4.79 Å². The highest BCUT2D eigenvalue weighted by Crippen LogP contribution is 2.27. The van der Waals surface area contributed by atoms with Crippen LogP contribution in [0.25, 0.3) is 11.0 Å².